The molecule has 0 spiro atoms. The number of pyridine rings is 1. The van der Waals surface area contributed by atoms with Crippen molar-refractivity contribution in [2.24, 2.45) is 0 Å². The van der Waals surface area contributed by atoms with Gasteiger partial charge in [0.25, 0.3) is 11.5 Å². The number of piperazine rings is 1. The summed E-state index contributed by atoms with van der Waals surface area (Å²) in [6, 6.07) is 16.6. The smallest absolute Gasteiger partial charge is 0.266 e. The minimum absolute atomic E-state index is 0.107. The Bertz CT molecular complexity index is 1650. The van der Waals surface area contributed by atoms with Crippen molar-refractivity contribution in [1.29, 1.82) is 0 Å². The van der Waals surface area contributed by atoms with Crippen molar-refractivity contribution < 1.29 is 9.53 Å². The molecule has 0 aliphatic carbocycles. The number of benzene rings is 2. The first-order chi connectivity index (χ1) is 19.7. The summed E-state index contributed by atoms with van der Waals surface area (Å²) in [5.41, 5.74) is 4.23. The van der Waals surface area contributed by atoms with Crippen LogP contribution >= 0.6 is 22.9 Å². The molecule has 0 unspecified atom stereocenters. The molecule has 5 rings (SSSR count). The first-order valence-corrected chi connectivity index (χ1v) is 14.9. The quantitative estimate of drug-likeness (QED) is 0.265. The zero-order valence-corrected chi connectivity index (χ0v) is 25.2. The fourth-order valence-electron chi connectivity index (χ4n) is 4.79. The third-order valence-electron chi connectivity index (χ3n) is 6.64. The fraction of sp³-hybridized carbons (Fsp3) is 0.281. The number of hydrogen-bond acceptors (Lipinski definition) is 6. The van der Waals surface area contributed by atoms with Gasteiger partial charge in [-0.15, -0.1) is 11.3 Å². The number of aromatic nitrogens is 2. The molecule has 4 aromatic rings. The number of ether oxygens (including phenoxy) is 1. The van der Waals surface area contributed by atoms with Gasteiger partial charge in [-0.25, -0.2) is 4.98 Å². The van der Waals surface area contributed by atoms with E-state index in [-0.39, 0.29) is 17.6 Å². The molecular formula is C32H33ClN4O3S. The molecule has 3 heterocycles. The third-order valence-corrected chi connectivity index (χ3v) is 7.77. The molecule has 1 aliphatic rings. The first kappa shape index (κ1) is 28.8. The molecule has 7 nitrogen and oxygen atoms in total. The van der Waals surface area contributed by atoms with Gasteiger partial charge in [-0.1, -0.05) is 41.4 Å². The molecule has 0 radical (unpaired) electrons. The van der Waals surface area contributed by atoms with Crippen LogP contribution in [0, 0.1) is 0 Å². The van der Waals surface area contributed by atoms with Gasteiger partial charge < -0.3 is 15.0 Å². The lowest BCUT2D eigenvalue weighted by molar-refractivity contribution is 0.0735. The van der Waals surface area contributed by atoms with Crippen LogP contribution in [0.2, 0.25) is 5.02 Å². The molecule has 0 atom stereocenters. The molecule has 2 aromatic carbocycles. The molecular weight excluding hydrogens is 556 g/mol. The van der Waals surface area contributed by atoms with Gasteiger partial charge in [0.2, 0.25) is 0 Å². The van der Waals surface area contributed by atoms with Crippen LogP contribution in [0.15, 0.2) is 70.3 Å². The highest BCUT2D eigenvalue weighted by Gasteiger charge is 2.27. The van der Waals surface area contributed by atoms with Crippen LogP contribution in [0.5, 0.6) is 5.75 Å². The predicted octanol–water partition coefficient (Wildman–Crippen LogP) is 6.54. The molecule has 0 bridgehead atoms. The van der Waals surface area contributed by atoms with Gasteiger partial charge in [0.05, 0.1) is 34.3 Å². The molecule has 1 aliphatic heterocycles. The number of allylic oxidation sites excluding steroid dienone is 1. The van der Waals surface area contributed by atoms with Crippen molar-refractivity contribution in [2.45, 2.75) is 33.8 Å². The molecule has 0 saturated carbocycles. The van der Waals surface area contributed by atoms with Crippen LogP contribution in [-0.2, 0) is 0 Å². The summed E-state index contributed by atoms with van der Waals surface area (Å²) in [6.45, 7) is 10.4. The second-order valence-electron chi connectivity index (χ2n) is 10.4. The first-order valence-electron chi connectivity index (χ1n) is 13.7. The topological polar surface area (TPSA) is 76.5 Å². The van der Waals surface area contributed by atoms with Crippen molar-refractivity contribution in [1.82, 2.24) is 19.8 Å². The lowest BCUT2D eigenvalue weighted by Crippen LogP contribution is -2.47. The SMILES string of the molecule is CC(C)=Cc1c(C(=O)N2CCNCC2)cc(-c2nc(-c3ccc(Cl)cc3)cs2)c(=O)n1-c1ccccc1OC(C)C. The summed E-state index contributed by atoms with van der Waals surface area (Å²) in [4.78, 5) is 35.2. The second-order valence-corrected chi connectivity index (χ2v) is 11.7. The van der Waals surface area contributed by atoms with Crippen LogP contribution in [0.4, 0.5) is 0 Å². The minimum atomic E-state index is -0.272. The number of carbonyl (C=O) groups is 1. The molecule has 212 valence electrons. The van der Waals surface area contributed by atoms with Crippen LogP contribution < -0.4 is 15.6 Å². The van der Waals surface area contributed by atoms with Gasteiger partial charge in [-0.2, -0.15) is 0 Å². The second kappa shape index (κ2) is 12.4. The number of amides is 1. The molecule has 1 N–H and O–H groups in total. The third kappa shape index (κ3) is 6.30. The number of hydrogen-bond donors (Lipinski definition) is 1. The lowest BCUT2D eigenvalue weighted by atomic mass is 10.0. The highest BCUT2D eigenvalue weighted by Crippen LogP contribution is 2.32. The largest absolute Gasteiger partial charge is 0.489 e. The Balaban J connectivity index is 1.78. The minimum Gasteiger partial charge on any atom is -0.489 e. The fourth-order valence-corrected chi connectivity index (χ4v) is 5.76. The average molecular weight is 589 g/mol. The normalized spacial score (nSPS) is 13.4. The summed E-state index contributed by atoms with van der Waals surface area (Å²) >= 11 is 7.46. The standard InChI is InChI=1S/C32H33ClN4O3S/c1-20(2)17-28-24(31(38)36-15-13-34-14-16-36)18-25(30-35-26(19-41-30)22-9-11-23(33)12-10-22)32(39)37(28)27-7-5-6-8-29(27)40-21(3)4/h5-12,17-19,21,34H,13-16H2,1-4H3. The van der Waals surface area contributed by atoms with Gasteiger partial charge in [-0.05, 0) is 64.1 Å². The molecule has 1 saturated heterocycles. The van der Waals surface area contributed by atoms with Crippen LogP contribution in [0.3, 0.4) is 0 Å². The maximum Gasteiger partial charge on any atom is 0.266 e. The van der Waals surface area contributed by atoms with E-state index < -0.39 is 0 Å². The van der Waals surface area contributed by atoms with E-state index in [2.05, 4.69) is 5.32 Å². The van der Waals surface area contributed by atoms with E-state index in [0.717, 1.165) is 29.9 Å². The Morgan fingerprint density at radius 3 is 2.49 bits per heavy atom. The Morgan fingerprint density at radius 2 is 1.80 bits per heavy atom. The van der Waals surface area contributed by atoms with E-state index in [1.807, 2.05) is 92.6 Å². The summed E-state index contributed by atoms with van der Waals surface area (Å²) in [6.07, 6.45) is 1.79. The van der Waals surface area contributed by atoms with Crippen LogP contribution in [0.25, 0.3) is 33.6 Å². The van der Waals surface area contributed by atoms with E-state index in [9.17, 15) is 9.59 Å². The summed E-state index contributed by atoms with van der Waals surface area (Å²) in [5, 5.41) is 6.40. The Kier molecular flexibility index (Phi) is 8.73. The van der Waals surface area contributed by atoms with Crippen molar-refractivity contribution in [3.63, 3.8) is 0 Å². The Labute approximate surface area is 249 Å². The van der Waals surface area contributed by atoms with E-state index in [1.54, 1.807) is 10.6 Å². The monoisotopic (exact) mass is 588 g/mol. The number of para-hydroxylation sites is 2. The predicted molar refractivity (Wildman–Crippen MR) is 167 cm³/mol. The van der Waals surface area contributed by atoms with Crippen molar-refractivity contribution >= 4 is 34.9 Å². The summed E-state index contributed by atoms with van der Waals surface area (Å²) in [7, 11) is 0. The molecule has 1 fully saturated rings. The number of halogens is 1. The summed E-state index contributed by atoms with van der Waals surface area (Å²) in [5.74, 6) is 0.442. The number of nitrogens with one attached hydrogen (secondary N) is 1. The maximum atomic E-state index is 14.4. The number of thiazole rings is 1. The number of nitrogens with zero attached hydrogens (tertiary/aromatic N) is 3. The van der Waals surface area contributed by atoms with Crippen molar-refractivity contribution in [3.8, 4) is 33.3 Å². The van der Waals surface area contributed by atoms with Crippen LogP contribution in [0.1, 0.15) is 43.7 Å². The molecule has 41 heavy (non-hydrogen) atoms. The van der Waals surface area contributed by atoms with Crippen LogP contribution in [-0.4, -0.2) is 52.6 Å². The highest BCUT2D eigenvalue weighted by atomic mass is 35.5. The van der Waals surface area contributed by atoms with E-state index >= 15 is 0 Å². The molecule has 9 heteroatoms. The van der Waals surface area contributed by atoms with Gasteiger partial charge in [0.15, 0.2) is 0 Å². The van der Waals surface area contributed by atoms with Gasteiger partial charge in [-0.3, -0.25) is 14.2 Å². The van der Waals surface area contributed by atoms with Gasteiger partial charge in [0, 0.05) is 42.1 Å². The Hall–Kier alpha value is -3.72. The van der Waals surface area contributed by atoms with Gasteiger partial charge >= 0.3 is 0 Å². The number of rotatable bonds is 7. The highest BCUT2D eigenvalue weighted by molar-refractivity contribution is 7.13. The molecule has 1 amide bonds. The van der Waals surface area contributed by atoms with Crippen molar-refractivity contribution in [2.75, 3.05) is 26.2 Å². The average Bonchev–Trinajstić information content (AvgIpc) is 3.44. The zero-order valence-electron chi connectivity index (χ0n) is 23.6. The maximum absolute atomic E-state index is 14.4. The molecule has 2 aromatic heterocycles. The van der Waals surface area contributed by atoms with E-state index in [1.165, 1.54) is 11.3 Å². The summed E-state index contributed by atoms with van der Waals surface area (Å²) < 4.78 is 7.75. The zero-order chi connectivity index (χ0) is 29.1. The van der Waals surface area contributed by atoms with Gasteiger partial charge in [0.1, 0.15) is 10.8 Å². The van der Waals surface area contributed by atoms with E-state index in [4.69, 9.17) is 21.3 Å². The Morgan fingerprint density at radius 1 is 1.10 bits per heavy atom. The lowest BCUT2D eigenvalue weighted by Gasteiger charge is -2.29. The van der Waals surface area contributed by atoms with Crippen molar-refractivity contribution in [3.05, 3.63) is 92.2 Å². The number of carbonyl (C=O) groups excluding carboxylic acids is 1. The van der Waals surface area contributed by atoms with E-state index in [0.29, 0.717) is 51.4 Å².